The minimum atomic E-state index is 0.733. The van der Waals surface area contributed by atoms with E-state index in [0.29, 0.717) is 0 Å². The Hall–Kier alpha value is -2.92. The summed E-state index contributed by atoms with van der Waals surface area (Å²) in [5.74, 6) is 1.75. The van der Waals surface area contributed by atoms with Gasteiger partial charge in [0.1, 0.15) is 12.4 Å². The van der Waals surface area contributed by atoms with Crippen LogP contribution >= 0.6 is 0 Å². The predicted molar refractivity (Wildman–Crippen MR) is 112 cm³/mol. The lowest BCUT2D eigenvalue weighted by Gasteiger charge is -2.26. The van der Waals surface area contributed by atoms with Gasteiger partial charge in [-0.15, -0.1) is 0 Å². The molecule has 0 saturated carbocycles. The Morgan fingerprint density at radius 2 is 1.71 bits per heavy atom. The van der Waals surface area contributed by atoms with Crippen molar-refractivity contribution in [3.05, 3.63) is 60.8 Å². The number of piperidine rings is 1. The van der Waals surface area contributed by atoms with Gasteiger partial charge in [-0.3, -0.25) is 4.90 Å². The molecule has 0 atom stereocenters. The van der Waals surface area contributed by atoms with E-state index in [1.165, 1.54) is 32.4 Å². The number of nitrogens with zero attached hydrogens (tertiary/aromatic N) is 4. The van der Waals surface area contributed by atoms with E-state index < -0.39 is 0 Å². The number of para-hydroxylation sites is 1. The Labute approximate surface area is 164 Å². The van der Waals surface area contributed by atoms with Gasteiger partial charge in [0.15, 0.2) is 5.82 Å². The highest BCUT2D eigenvalue weighted by Crippen LogP contribution is 2.26. The molecule has 0 aliphatic carbocycles. The average Bonchev–Trinajstić information content (AvgIpc) is 3.25. The molecule has 2 aromatic carbocycles. The monoisotopic (exact) mass is 372 g/mol. The average molecular weight is 372 g/mol. The lowest BCUT2D eigenvalue weighted by atomic mass is 10.1. The zero-order chi connectivity index (χ0) is 18.8. The van der Waals surface area contributed by atoms with Gasteiger partial charge in [0.05, 0.1) is 17.2 Å². The summed E-state index contributed by atoms with van der Waals surface area (Å²) in [4.78, 5) is 7.34. The Morgan fingerprint density at radius 3 is 2.57 bits per heavy atom. The molecule has 1 saturated heterocycles. The number of rotatable bonds is 5. The molecule has 0 spiro atoms. The van der Waals surface area contributed by atoms with E-state index in [-0.39, 0.29) is 0 Å². The Morgan fingerprint density at radius 1 is 0.893 bits per heavy atom. The molecule has 1 fully saturated rings. The normalized spacial score (nSPS) is 15.3. The minimum absolute atomic E-state index is 0.733. The lowest BCUT2D eigenvalue weighted by molar-refractivity contribution is 0.183. The summed E-state index contributed by atoms with van der Waals surface area (Å²) < 4.78 is 7.87. The second-order valence-electron chi connectivity index (χ2n) is 7.36. The van der Waals surface area contributed by atoms with E-state index in [2.05, 4.69) is 28.2 Å². The van der Waals surface area contributed by atoms with Crippen LogP contribution in [0.2, 0.25) is 0 Å². The largest absolute Gasteiger partial charge is 0.492 e. The van der Waals surface area contributed by atoms with Gasteiger partial charge in [-0.2, -0.15) is 5.10 Å². The molecular weight excluding hydrogens is 348 g/mol. The third kappa shape index (κ3) is 3.34. The molecular formula is C23H24N4O. The van der Waals surface area contributed by atoms with Crippen LogP contribution in [0, 0.1) is 0 Å². The molecule has 2 aromatic heterocycles. The van der Waals surface area contributed by atoms with Gasteiger partial charge in [-0.25, -0.2) is 9.50 Å². The standard InChI is InChI=1S/C23H24N4O/c1-4-14-26(15-5-1)16-17-28-19-10-8-18(9-11-19)23-25-21-7-3-2-6-20(21)22-12-13-24-27(22)23/h2-3,6-13H,1,4-5,14-17H2. The van der Waals surface area contributed by atoms with Crippen molar-refractivity contribution in [2.75, 3.05) is 26.2 Å². The number of hydrogen-bond donors (Lipinski definition) is 0. The van der Waals surface area contributed by atoms with Gasteiger partial charge in [0.2, 0.25) is 0 Å². The molecule has 1 aliphatic heterocycles. The lowest BCUT2D eigenvalue weighted by Crippen LogP contribution is -2.33. The van der Waals surface area contributed by atoms with Crippen molar-refractivity contribution >= 4 is 16.4 Å². The molecule has 0 unspecified atom stereocenters. The summed E-state index contributed by atoms with van der Waals surface area (Å²) in [7, 11) is 0. The van der Waals surface area contributed by atoms with Crippen molar-refractivity contribution < 1.29 is 4.74 Å². The van der Waals surface area contributed by atoms with Crippen molar-refractivity contribution in [2.24, 2.45) is 0 Å². The van der Waals surface area contributed by atoms with Crippen LogP contribution in [0.15, 0.2) is 60.8 Å². The Balaban J connectivity index is 1.36. The van der Waals surface area contributed by atoms with Crippen molar-refractivity contribution in [1.82, 2.24) is 19.5 Å². The Kier molecular flexibility index (Phi) is 4.67. The van der Waals surface area contributed by atoms with Crippen LogP contribution < -0.4 is 4.74 Å². The quantitative estimate of drug-likeness (QED) is 0.520. The highest BCUT2D eigenvalue weighted by Gasteiger charge is 2.12. The fourth-order valence-electron chi connectivity index (χ4n) is 3.99. The van der Waals surface area contributed by atoms with Gasteiger partial charge in [-0.05, 0) is 62.3 Å². The maximum atomic E-state index is 5.96. The minimum Gasteiger partial charge on any atom is -0.492 e. The second-order valence-corrected chi connectivity index (χ2v) is 7.36. The topological polar surface area (TPSA) is 42.7 Å². The number of ether oxygens (including phenoxy) is 1. The molecule has 28 heavy (non-hydrogen) atoms. The molecule has 0 bridgehead atoms. The smallest absolute Gasteiger partial charge is 0.161 e. The van der Waals surface area contributed by atoms with Crippen molar-refractivity contribution in [3.63, 3.8) is 0 Å². The molecule has 142 valence electrons. The summed E-state index contributed by atoms with van der Waals surface area (Å²) in [6.45, 7) is 4.14. The van der Waals surface area contributed by atoms with E-state index >= 15 is 0 Å². The zero-order valence-corrected chi connectivity index (χ0v) is 15.9. The summed E-state index contributed by atoms with van der Waals surface area (Å²) in [5, 5.41) is 5.60. The fraction of sp³-hybridized carbons (Fsp3) is 0.304. The van der Waals surface area contributed by atoms with E-state index in [9.17, 15) is 0 Å². The maximum absolute atomic E-state index is 5.96. The van der Waals surface area contributed by atoms with E-state index in [0.717, 1.165) is 46.7 Å². The van der Waals surface area contributed by atoms with Crippen LogP contribution in [0.5, 0.6) is 5.75 Å². The summed E-state index contributed by atoms with van der Waals surface area (Å²) in [5.41, 5.74) is 3.08. The molecule has 1 aliphatic rings. The van der Waals surface area contributed by atoms with Crippen LogP contribution in [-0.4, -0.2) is 45.7 Å². The molecule has 0 radical (unpaired) electrons. The van der Waals surface area contributed by atoms with Crippen LogP contribution in [-0.2, 0) is 0 Å². The van der Waals surface area contributed by atoms with Gasteiger partial charge in [0.25, 0.3) is 0 Å². The second kappa shape index (κ2) is 7.60. The molecule has 4 aromatic rings. The van der Waals surface area contributed by atoms with Gasteiger partial charge in [0, 0.05) is 17.5 Å². The summed E-state index contributed by atoms with van der Waals surface area (Å²) >= 11 is 0. The number of fused-ring (bicyclic) bond motifs is 3. The number of hydrogen-bond acceptors (Lipinski definition) is 4. The molecule has 0 amide bonds. The van der Waals surface area contributed by atoms with Gasteiger partial charge >= 0.3 is 0 Å². The van der Waals surface area contributed by atoms with Crippen LogP contribution in [0.1, 0.15) is 19.3 Å². The van der Waals surface area contributed by atoms with Crippen molar-refractivity contribution in [2.45, 2.75) is 19.3 Å². The highest BCUT2D eigenvalue weighted by molar-refractivity contribution is 5.94. The van der Waals surface area contributed by atoms with E-state index in [4.69, 9.17) is 9.72 Å². The third-order valence-corrected chi connectivity index (χ3v) is 5.49. The SMILES string of the molecule is c1ccc2c(c1)nc(-c1ccc(OCCN3CCCCC3)cc1)n1nccc21. The van der Waals surface area contributed by atoms with Crippen LogP contribution in [0.25, 0.3) is 27.8 Å². The van der Waals surface area contributed by atoms with Crippen molar-refractivity contribution in [1.29, 1.82) is 0 Å². The first-order chi connectivity index (χ1) is 13.9. The van der Waals surface area contributed by atoms with Gasteiger partial charge in [-0.1, -0.05) is 24.6 Å². The first-order valence-corrected chi connectivity index (χ1v) is 10.1. The molecule has 5 heteroatoms. The summed E-state index contributed by atoms with van der Waals surface area (Å²) in [6.07, 6.45) is 5.82. The zero-order valence-electron chi connectivity index (χ0n) is 15.9. The van der Waals surface area contributed by atoms with Crippen LogP contribution in [0.4, 0.5) is 0 Å². The predicted octanol–water partition coefficient (Wildman–Crippen LogP) is 4.41. The number of benzene rings is 2. The first kappa shape index (κ1) is 17.2. The number of aromatic nitrogens is 3. The molecule has 5 nitrogen and oxygen atoms in total. The van der Waals surface area contributed by atoms with E-state index in [1.807, 2.05) is 47.1 Å². The molecule has 0 N–H and O–H groups in total. The number of likely N-dealkylation sites (tertiary alicyclic amines) is 1. The van der Waals surface area contributed by atoms with E-state index in [1.54, 1.807) is 0 Å². The summed E-state index contributed by atoms with van der Waals surface area (Å²) in [6, 6.07) is 18.4. The Bertz CT molecular complexity index is 1080. The van der Waals surface area contributed by atoms with Gasteiger partial charge < -0.3 is 4.74 Å². The first-order valence-electron chi connectivity index (χ1n) is 10.1. The molecule has 5 rings (SSSR count). The fourth-order valence-corrected chi connectivity index (χ4v) is 3.99. The third-order valence-electron chi connectivity index (χ3n) is 5.49. The maximum Gasteiger partial charge on any atom is 0.161 e. The molecule has 3 heterocycles. The van der Waals surface area contributed by atoms with Crippen molar-refractivity contribution in [3.8, 4) is 17.1 Å². The highest BCUT2D eigenvalue weighted by atomic mass is 16.5. The van der Waals surface area contributed by atoms with Crippen LogP contribution in [0.3, 0.4) is 0 Å².